The van der Waals surface area contributed by atoms with Crippen LogP contribution in [0.3, 0.4) is 0 Å². The average molecular weight is 279 g/mol. The van der Waals surface area contributed by atoms with E-state index >= 15 is 0 Å². The highest BCUT2D eigenvalue weighted by Crippen LogP contribution is 2.17. The van der Waals surface area contributed by atoms with E-state index < -0.39 is 10.2 Å². The summed E-state index contributed by atoms with van der Waals surface area (Å²) in [4.78, 5) is 0. The lowest BCUT2D eigenvalue weighted by atomic mass is 10.2. The summed E-state index contributed by atoms with van der Waals surface area (Å²) < 4.78 is 28.5. The van der Waals surface area contributed by atoms with Crippen LogP contribution < -0.4 is 4.72 Å². The lowest BCUT2D eigenvalue weighted by Crippen LogP contribution is -2.36. The van der Waals surface area contributed by atoms with Crippen LogP contribution in [0.2, 0.25) is 0 Å². The molecule has 1 aromatic carbocycles. The second-order valence-corrected chi connectivity index (χ2v) is 6.28. The van der Waals surface area contributed by atoms with Crippen molar-refractivity contribution in [2.75, 3.05) is 17.8 Å². The van der Waals surface area contributed by atoms with E-state index in [9.17, 15) is 8.42 Å². The lowest BCUT2D eigenvalue weighted by Gasteiger charge is -2.20. The average Bonchev–Trinajstić information content (AvgIpc) is 2.68. The summed E-state index contributed by atoms with van der Waals surface area (Å²) in [6.07, 6.45) is 3.96. The van der Waals surface area contributed by atoms with Gasteiger partial charge in [-0.25, -0.2) is 0 Å². The molecule has 0 saturated carbocycles. The molecular formula is C13H17N3O2S. The summed E-state index contributed by atoms with van der Waals surface area (Å²) in [6.45, 7) is 1.13. The molecule has 5 nitrogen and oxygen atoms in total. The first kappa shape index (κ1) is 13.8. The van der Waals surface area contributed by atoms with Gasteiger partial charge in [0.2, 0.25) is 0 Å². The van der Waals surface area contributed by atoms with Crippen LogP contribution in [0, 0.1) is 11.3 Å². The molecule has 1 heterocycles. The van der Waals surface area contributed by atoms with Crippen LogP contribution in [0.5, 0.6) is 0 Å². The van der Waals surface area contributed by atoms with Gasteiger partial charge in [0.05, 0.1) is 17.3 Å². The molecule has 0 bridgehead atoms. The Labute approximate surface area is 114 Å². The molecule has 1 aliphatic rings. The van der Waals surface area contributed by atoms with Crippen LogP contribution in [0.1, 0.15) is 31.2 Å². The van der Waals surface area contributed by atoms with Crippen molar-refractivity contribution in [3.63, 3.8) is 0 Å². The van der Waals surface area contributed by atoms with Crippen molar-refractivity contribution in [3.8, 4) is 6.07 Å². The first-order valence-corrected chi connectivity index (χ1v) is 7.84. The van der Waals surface area contributed by atoms with Gasteiger partial charge in [0, 0.05) is 13.1 Å². The molecule has 0 spiro atoms. The number of rotatable bonds is 3. The summed E-state index contributed by atoms with van der Waals surface area (Å²) in [6, 6.07) is 8.49. The van der Waals surface area contributed by atoms with Crippen molar-refractivity contribution < 1.29 is 8.42 Å². The standard InChI is InChI=1S/C13H17N3O2S/c14-11-12-6-5-7-13(10-12)15-19(17,18)16-8-3-1-2-4-9-16/h5-7,10,15H,1-4,8-9H2. The molecule has 0 atom stereocenters. The fraction of sp³-hybridized carbons (Fsp3) is 0.462. The second kappa shape index (κ2) is 6.04. The maximum absolute atomic E-state index is 12.2. The fourth-order valence-electron chi connectivity index (χ4n) is 2.15. The first-order valence-electron chi connectivity index (χ1n) is 6.40. The Morgan fingerprint density at radius 2 is 1.84 bits per heavy atom. The van der Waals surface area contributed by atoms with Crippen molar-refractivity contribution in [1.29, 1.82) is 5.26 Å². The molecule has 2 rings (SSSR count). The van der Waals surface area contributed by atoms with Crippen LogP contribution >= 0.6 is 0 Å². The molecule has 1 saturated heterocycles. The van der Waals surface area contributed by atoms with Gasteiger partial charge in [-0.1, -0.05) is 18.9 Å². The Hall–Kier alpha value is -1.58. The normalized spacial score (nSPS) is 17.4. The van der Waals surface area contributed by atoms with Gasteiger partial charge < -0.3 is 0 Å². The van der Waals surface area contributed by atoms with Gasteiger partial charge in [0.25, 0.3) is 0 Å². The summed E-state index contributed by atoms with van der Waals surface area (Å²) >= 11 is 0. The Bertz CT molecular complexity index is 570. The van der Waals surface area contributed by atoms with E-state index in [0.29, 0.717) is 24.3 Å². The SMILES string of the molecule is N#Cc1cccc(NS(=O)(=O)N2CCCCCC2)c1. The zero-order valence-corrected chi connectivity index (χ0v) is 11.5. The fourth-order valence-corrected chi connectivity index (χ4v) is 3.44. The Kier molecular flexibility index (Phi) is 4.40. The van der Waals surface area contributed by atoms with Gasteiger partial charge in [-0.15, -0.1) is 0 Å². The molecule has 6 heteroatoms. The minimum Gasteiger partial charge on any atom is -0.271 e. The van der Waals surface area contributed by atoms with Gasteiger partial charge >= 0.3 is 10.2 Å². The third kappa shape index (κ3) is 3.69. The molecule has 0 aromatic heterocycles. The van der Waals surface area contributed by atoms with Gasteiger partial charge in [0.15, 0.2) is 0 Å². The number of hydrogen-bond donors (Lipinski definition) is 1. The maximum Gasteiger partial charge on any atom is 0.301 e. The zero-order chi connectivity index (χ0) is 13.7. The van der Waals surface area contributed by atoms with Crippen molar-refractivity contribution in [2.45, 2.75) is 25.7 Å². The number of nitrogens with one attached hydrogen (secondary N) is 1. The van der Waals surface area contributed by atoms with Crippen LogP contribution in [-0.2, 0) is 10.2 Å². The molecular weight excluding hydrogens is 262 g/mol. The van der Waals surface area contributed by atoms with Gasteiger partial charge in [-0.3, -0.25) is 4.72 Å². The van der Waals surface area contributed by atoms with E-state index in [1.807, 2.05) is 6.07 Å². The molecule has 1 aromatic rings. The lowest BCUT2D eigenvalue weighted by molar-refractivity contribution is 0.427. The smallest absolute Gasteiger partial charge is 0.271 e. The predicted molar refractivity (Wildman–Crippen MR) is 73.7 cm³/mol. The van der Waals surface area contributed by atoms with Crippen molar-refractivity contribution in [2.24, 2.45) is 0 Å². The molecule has 0 radical (unpaired) electrons. The third-order valence-electron chi connectivity index (χ3n) is 3.14. The van der Waals surface area contributed by atoms with E-state index in [1.165, 1.54) is 10.4 Å². The van der Waals surface area contributed by atoms with E-state index in [-0.39, 0.29) is 0 Å². The highest BCUT2D eigenvalue weighted by atomic mass is 32.2. The second-order valence-electron chi connectivity index (χ2n) is 4.61. The van der Waals surface area contributed by atoms with Crippen molar-refractivity contribution in [3.05, 3.63) is 29.8 Å². The summed E-state index contributed by atoms with van der Waals surface area (Å²) in [7, 11) is -3.51. The Morgan fingerprint density at radius 1 is 1.16 bits per heavy atom. The molecule has 0 unspecified atom stereocenters. The molecule has 102 valence electrons. The Balaban J connectivity index is 2.13. The first-order chi connectivity index (χ1) is 9.12. The molecule has 1 aliphatic heterocycles. The number of nitriles is 1. The summed E-state index contributed by atoms with van der Waals surface area (Å²) in [5.74, 6) is 0. The highest BCUT2D eigenvalue weighted by molar-refractivity contribution is 7.90. The topological polar surface area (TPSA) is 73.2 Å². The number of anilines is 1. The van der Waals surface area contributed by atoms with Crippen molar-refractivity contribution >= 4 is 15.9 Å². The van der Waals surface area contributed by atoms with Crippen LogP contribution in [0.4, 0.5) is 5.69 Å². The quantitative estimate of drug-likeness (QED) is 0.920. The molecule has 1 N–H and O–H groups in total. The van der Waals surface area contributed by atoms with Crippen LogP contribution in [0.15, 0.2) is 24.3 Å². The van der Waals surface area contributed by atoms with E-state index in [0.717, 1.165) is 25.7 Å². The molecule has 1 fully saturated rings. The highest BCUT2D eigenvalue weighted by Gasteiger charge is 2.22. The summed E-state index contributed by atoms with van der Waals surface area (Å²) in [5, 5.41) is 8.81. The minimum atomic E-state index is -3.51. The van der Waals surface area contributed by atoms with Gasteiger partial charge in [-0.05, 0) is 31.0 Å². The maximum atomic E-state index is 12.2. The third-order valence-corrected chi connectivity index (χ3v) is 4.68. The Morgan fingerprint density at radius 3 is 2.47 bits per heavy atom. The van der Waals surface area contributed by atoms with Crippen molar-refractivity contribution in [1.82, 2.24) is 4.31 Å². The monoisotopic (exact) mass is 279 g/mol. The van der Waals surface area contributed by atoms with Crippen LogP contribution in [0.25, 0.3) is 0 Å². The number of nitrogens with zero attached hydrogens (tertiary/aromatic N) is 2. The van der Waals surface area contributed by atoms with Crippen LogP contribution in [-0.4, -0.2) is 25.8 Å². The minimum absolute atomic E-state index is 0.434. The molecule has 0 amide bonds. The number of hydrogen-bond acceptors (Lipinski definition) is 3. The summed E-state index contributed by atoms with van der Waals surface area (Å²) in [5.41, 5.74) is 0.874. The zero-order valence-electron chi connectivity index (χ0n) is 10.7. The van der Waals surface area contributed by atoms with Gasteiger partial charge in [-0.2, -0.15) is 18.0 Å². The molecule has 0 aliphatic carbocycles. The van der Waals surface area contributed by atoms with E-state index in [1.54, 1.807) is 18.2 Å². The molecule has 19 heavy (non-hydrogen) atoms. The number of benzene rings is 1. The van der Waals surface area contributed by atoms with E-state index in [4.69, 9.17) is 5.26 Å². The predicted octanol–water partition coefficient (Wildman–Crippen LogP) is 2.09. The van der Waals surface area contributed by atoms with E-state index in [2.05, 4.69) is 4.72 Å². The van der Waals surface area contributed by atoms with Gasteiger partial charge in [0.1, 0.15) is 0 Å². The largest absolute Gasteiger partial charge is 0.301 e.